The van der Waals surface area contributed by atoms with Gasteiger partial charge in [-0.1, -0.05) is 349 Å². The molecule has 0 spiro atoms. The molecule has 0 aromatic rings. The first-order chi connectivity index (χ1) is 45.0. The van der Waals surface area contributed by atoms with Crippen LogP contribution in [0.5, 0.6) is 0 Å². The lowest BCUT2D eigenvalue weighted by molar-refractivity contribution is -0.870. The number of carbonyl (C=O) groups excluding carboxylic acids is 2. The quantitative estimate of drug-likeness (QED) is 0.0211. The topological polar surface area (TPSA) is 108 Å². The van der Waals surface area contributed by atoms with Gasteiger partial charge in [0.05, 0.1) is 27.7 Å². The van der Waals surface area contributed by atoms with Crippen molar-refractivity contribution in [2.75, 3.05) is 47.5 Å². The van der Waals surface area contributed by atoms with Crippen LogP contribution in [0.4, 0.5) is 0 Å². The van der Waals surface area contributed by atoms with E-state index in [4.69, 9.17) is 18.5 Å². The maximum atomic E-state index is 12.9. The molecule has 0 bridgehead atoms. The van der Waals surface area contributed by atoms with E-state index >= 15 is 0 Å². The van der Waals surface area contributed by atoms with Gasteiger partial charge in [0.2, 0.25) is 0 Å². The van der Waals surface area contributed by atoms with Crippen LogP contribution >= 0.6 is 7.82 Å². The zero-order valence-electron chi connectivity index (χ0n) is 61.0. The van der Waals surface area contributed by atoms with E-state index in [1.54, 1.807) is 0 Å². The SMILES string of the molecule is CC/C=C\C/C=C\C/C=C\C/C=C\C/C=C\CCCCCCCCCCCCCCCCCCCCCCCCCC(=O)OC(COC(=O)CCCCCCCCCCCCCCCC/C=C\C/C=C\C/C=C\CCCCCCC)COP(=O)(O)OCC[N+](C)(C)C. The smallest absolute Gasteiger partial charge is 0.462 e. The van der Waals surface area contributed by atoms with Crippen molar-refractivity contribution in [1.82, 2.24) is 0 Å². The summed E-state index contributed by atoms with van der Waals surface area (Å²) in [5.41, 5.74) is 0. The van der Waals surface area contributed by atoms with Crippen molar-refractivity contribution in [3.8, 4) is 0 Å². The molecular formula is C82H149NO8P+. The van der Waals surface area contributed by atoms with Gasteiger partial charge < -0.3 is 18.9 Å². The highest BCUT2D eigenvalue weighted by Crippen LogP contribution is 2.43. The van der Waals surface area contributed by atoms with Crippen molar-refractivity contribution in [3.63, 3.8) is 0 Å². The van der Waals surface area contributed by atoms with Gasteiger partial charge in [-0.3, -0.25) is 18.6 Å². The molecule has 2 atom stereocenters. The standard InChI is InChI=1S/C82H148NO8P/c1-6-8-10-12-14-16-18-20-22-24-26-28-30-32-34-36-37-38-39-40-41-42-43-44-45-47-49-51-53-55-57-59-61-63-65-67-69-71-73-75-82(85)91-80(79-90-92(86,87)89-77-76-83(3,4)5)78-88-81(84)74-72-70-68-66-64-62-60-58-56-54-52-50-48-46-35-33-31-29-27-25-23-21-19-17-15-13-11-9-7-2/h8,10,14,16,19-22,25-28,31-34,80H,6-7,9,11-13,15,17-18,23-24,29-30,35-79H2,1-5H3/p+1/b10-8-,16-14-,21-19-,22-20-,27-25-,28-26-,33-31-,34-32-. The average Bonchev–Trinajstić information content (AvgIpc) is 2.14. The number of hydrogen-bond donors (Lipinski definition) is 1. The van der Waals surface area contributed by atoms with Gasteiger partial charge in [-0.25, -0.2) is 4.57 Å². The number of rotatable bonds is 72. The molecule has 0 aliphatic rings. The van der Waals surface area contributed by atoms with Crippen molar-refractivity contribution in [2.24, 2.45) is 0 Å². The minimum atomic E-state index is -4.40. The summed E-state index contributed by atoms with van der Waals surface area (Å²) in [6, 6.07) is 0. The highest BCUT2D eigenvalue weighted by Gasteiger charge is 2.27. The highest BCUT2D eigenvalue weighted by molar-refractivity contribution is 7.47. The van der Waals surface area contributed by atoms with Gasteiger partial charge in [0, 0.05) is 12.8 Å². The fraction of sp³-hybridized carbons (Fsp3) is 0.780. The predicted molar refractivity (Wildman–Crippen MR) is 399 cm³/mol. The van der Waals surface area contributed by atoms with Crippen LogP contribution in [0.1, 0.15) is 361 Å². The van der Waals surface area contributed by atoms with E-state index in [-0.39, 0.29) is 32.0 Å². The van der Waals surface area contributed by atoms with Gasteiger partial charge in [0.1, 0.15) is 19.8 Å². The second-order valence-corrected chi connectivity index (χ2v) is 28.8. The Morgan fingerprint density at radius 1 is 0.348 bits per heavy atom. The van der Waals surface area contributed by atoms with Crippen molar-refractivity contribution >= 4 is 19.8 Å². The Labute approximate surface area is 570 Å². The number of carbonyl (C=O) groups is 2. The third-order valence-corrected chi connectivity index (χ3v) is 18.1. The Bertz CT molecular complexity index is 1880. The number of esters is 2. The number of allylic oxidation sites excluding steroid dienone is 16. The molecule has 0 aliphatic carbocycles. The maximum Gasteiger partial charge on any atom is 0.472 e. The molecule has 0 aromatic heterocycles. The highest BCUT2D eigenvalue weighted by atomic mass is 31.2. The summed E-state index contributed by atoms with van der Waals surface area (Å²) in [4.78, 5) is 36.0. The van der Waals surface area contributed by atoms with Crippen molar-refractivity contribution in [3.05, 3.63) is 97.2 Å². The van der Waals surface area contributed by atoms with E-state index in [1.807, 2.05) is 21.1 Å². The average molecular weight is 1310 g/mol. The van der Waals surface area contributed by atoms with Gasteiger partial charge in [0.15, 0.2) is 6.10 Å². The van der Waals surface area contributed by atoms with Crippen LogP contribution in [0.2, 0.25) is 0 Å². The molecule has 10 heteroatoms. The maximum absolute atomic E-state index is 12.9. The van der Waals surface area contributed by atoms with Crippen molar-refractivity contribution < 1.29 is 42.1 Å². The molecule has 0 fully saturated rings. The lowest BCUT2D eigenvalue weighted by atomic mass is 10.0. The largest absolute Gasteiger partial charge is 0.472 e. The third-order valence-electron chi connectivity index (χ3n) is 17.1. The second kappa shape index (κ2) is 72.2. The van der Waals surface area contributed by atoms with Crippen molar-refractivity contribution in [2.45, 2.75) is 367 Å². The Hall–Kier alpha value is -3.07. The summed E-state index contributed by atoms with van der Waals surface area (Å²) in [6.07, 6.45) is 101. The number of likely N-dealkylation sites (N-methyl/N-ethyl adjacent to an activating group) is 1. The van der Waals surface area contributed by atoms with Crippen LogP contribution < -0.4 is 0 Å². The van der Waals surface area contributed by atoms with Crippen molar-refractivity contribution in [1.29, 1.82) is 0 Å². The molecule has 0 radical (unpaired) electrons. The molecule has 1 N–H and O–H groups in total. The third kappa shape index (κ3) is 76.0. The molecule has 92 heavy (non-hydrogen) atoms. The summed E-state index contributed by atoms with van der Waals surface area (Å²) in [5, 5.41) is 0. The van der Waals surface area contributed by atoms with E-state index in [2.05, 4.69) is 111 Å². The van der Waals surface area contributed by atoms with E-state index in [0.29, 0.717) is 17.4 Å². The normalized spacial score (nSPS) is 13.6. The minimum Gasteiger partial charge on any atom is -0.462 e. The Morgan fingerprint density at radius 2 is 0.620 bits per heavy atom. The van der Waals surface area contributed by atoms with Crippen LogP contribution in [-0.2, 0) is 32.7 Å². The summed E-state index contributed by atoms with van der Waals surface area (Å²) in [7, 11) is 1.49. The van der Waals surface area contributed by atoms with E-state index < -0.39 is 26.5 Å². The molecule has 0 amide bonds. The number of ether oxygens (including phenoxy) is 2. The Balaban J connectivity index is 3.95. The first kappa shape index (κ1) is 88.9. The van der Waals surface area contributed by atoms with Gasteiger partial charge in [-0.05, 0) is 96.3 Å². The summed E-state index contributed by atoms with van der Waals surface area (Å²) >= 11 is 0. The first-order valence-electron chi connectivity index (χ1n) is 39.0. The number of phosphoric ester groups is 1. The van der Waals surface area contributed by atoms with Crippen LogP contribution in [0.3, 0.4) is 0 Å². The molecule has 0 rings (SSSR count). The fourth-order valence-electron chi connectivity index (χ4n) is 11.2. The number of unbranched alkanes of at least 4 members (excludes halogenated alkanes) is 42. The Kier molecular flexibility index (Phi) is 69.8. The number of nitrogens with zero attached hydrogens (tertiary/aromatic N) is 1. The summed E-state index contributed by atoms with van der Waals surface area (Å²) < 4.78 is 34.8. The van der Waals surface area contributed by atoms with Gasteiger partial charge in [0.25, 0.3) is 0 Å². The van der Waals surface area contributed by atoms with E-state index in [1.165, 1.54) is 250 Å². The summed E-state index contributed by atoms with van der Waals surface area (Å²) in [5.74, 6) is -0.783. The lowest BCUT2D eigenvalue weighted by Crippen LogP contribution is -2.37. The predicted octanol–water partition coefficient (Wildman–Crippen LogP) is 25.8. The zero-order valence-corrected chi connectivity index (χ0v) is 61.9. The molecule has 2 unspecified atom stereocenters. The molecule has 0 heterocycles. The van der Waals surface area contributed by atoms with E-state index in [9.17, 15) is 19.0 Å². The van der Waals surface area contributed by atoms with Crippen LogP contribution in [0.15, 0.2) is 97.2 Å². The van der Waals surface area contributed by atoms with Crippen LogP contribution in [0.25, 0.3) is 0 Å². The van der Waals surface area contributed by atoms with Crippen LogP contribution in [0, 0.1) is 0 Å². The van der Waals surface area contributed by atoms with Crippen LogP contribution in [-0.4, -0.2) is 74.9 Å². The number of hydrogen-bond acceptors (Lipinski definition) is 7. The number of quaternary nitrogens is 1. The molecule has 9 nitrogen and oxygen atoms in total. The number of phosphoric acid groups is 1. The van der Waals surface area contributed by atoms with Gasteiger partial charge in [-0.15, -0.1) is 0 Å². The van der Waals surface area contributed by atoms with Gasteiger partial charge >= 0.3 is 19.8 Å². The molecular weight excluding hydrogens is 1160 g/mol. The summed E-state index contributed by atoms with van der Waals surface area (Å²) in [6.45, 7) is 4.36. The van der Waals surface area contributed by atoms with Gasteiger partial charge in [-0.2, -0.15) is 0 Å². The lowest BCUT2D eigenvalue weighted by Gasteiger charge is -2.24. The Morgan fingerprint density at radius 3 is 0.924 bits per heavy atom. The second-order valence-electron chi connectivity index (χ2n) is 27.4. The molecule has 534 valence electrons. The molecule has 0 aliphatic heterocycles. The molecule has 0 saturated heterocycles. The zero-order chi connectivity index (χ0) is 66.9. The first-order valence-corrected chi connectivity index (χ1v) is 40.5. The molecule has 0 saturated carbocycles. The monoisotopic (exact) mass is 1310 g/mol. The fourth-order valence-corrected chi connectivity index (χ4v) is 11.9. The molecule has 0 aromatic carbocycles. The van der Waals surface area contributed by atoms with E-state index in [0.717, 1.165) is 77.0 Å². The minimum absolute atomic E-state index is 0.0312.